The Kier molecular flexibility index (Phi) is 5.56. The summed E-state index contributed by atoms with van der Waals surface area (Å²) in [5, 5.41) is 0. The van der Waals surface area contributed by atoms with Gasteiger partial charge in [-0.2, -0.15) is 0 Å². The fourth-order valence-corrected chi connectivity index (χ4v) is 2.20. The molecule has 18 heavy (non-hydrogen) atoms. The summed E-state index contributed by atoms with van der Waals surface area (Å²) in [6, 6.07) is 0. The molecule has 5 nitrogen and oxygen atoms in total. The second-order valence-electron chi connectivity index (χ2n) is 5.44. The van der Waals surface area contributed by atoms with E-state index >= 15 is 0 Å². The first kappa shape index (κ1) is 15.4. The number of rotatable bonds is 5. The molecule has 0 aliphatic carbocycles. The van der Waals surface area contributed by atoms with E-state index < -0.39 is 5.79 Å². The van der Waals surface area contributed by atoms with E-state index in [1.165, 1.54) is 0 Å². The Balaban J connectivity index is 2.51. The number of ether oxygens (including phenoxy) is 3. The molecule has 2 atom stereocenters. The summed E-state index contributed by atoms with van der Waals surface area (Å²) in [4.78, 5) is 11.6. The Morgan fingerprint density at radius 2 is 2.00 bits per heavy atom. The Bertz CT molecular complexity index is 278. The highest BCUT2D eigenvalue weighted by molar-refractivity contribution is 5.70. The molecule has 1 rings (SSSR count). The Morgan fingerprint density at radius 3 is 2.56 bits per heavy atom. The van der Waals surface area contributed by atoms with Gasteiger partial charge in [-0.25, -0.2) is 0 Å². The largest absolute Gasteiger partial charge is 0.463 e. The van der Waals surface area contributed by atoms with E-state index in [4.69, 9.17) is 19.9 Å². The topological polar surface area (TPSA) is 70.8 Å². The predicted molar refractivity (Wildman–Crippen MR) is 68.0 cm³/mol. The van der Waals surface area contributed by atoms with Crippen LogP contribution < -0.4 is 5.73 Å². The minimum Gasteiger partial charge on any atom is -0.463 e. The summed E-state index contributed by atoms with van der Waals surface area (Å²) in [5.74, 6) is -0.889. The van der Waals surface area contributed by atoms with E-state index in [9.17, 15) is 4.79 Å². The Labute approximate surface area is 109 Å². The zero-order valence-corrected chi connectivity index (χ0v) is 11.8. The van der Waals surface area contributed by atoms with Crippen molar-refractivity contribution in [3.05, 3.63) is 0 Å². The maximum Gasteiger partial charge on any atom is 0.308 e. The maximum atomic E-state index is 11.6. The SMILES string of the molecule is CC(C)OC(=O)C[C@H]1CC(CCN)OC(C)(C)O1. The van der Waals surface area contributed by atoms with Gasteiger partial charge >= 0.3 is 5.97 Å². The number of esters is 1. The maximum absolute atomic E-state index is 11.6. The first-order chi connectivity index (χ1) is 8.32. The molecule has 1 saturated heterocycles. The number of nitrogens with two attached hydrogens (primary N) is 1. The van der Waals surface area contributed by atoms with E-state index in [0.717, 1.165) is 6.42 Å². The minimum absolute atomic E-state index is 0.0515. The number of carbonyl (C=O) groups excluding carboxylic acids is 1. The van der Waals surface area contributed by atoms with Crippen molar-refractivity contribution >= 4 is 5.97 Å². The fourth-order valence-electron chi connectivity index (χ4n) is 2.20. The molecule has 0 saturated carbocycles. The molecule has 0 aromatic carbocycles. The molecule has 0 spiro atoms. The molecule has 1 aliphatic heterocycles. The fraction of sp³-hybridized carbons (Fsp3) is 0.923. The van der Waals surface area contributed by atoms with Gasteiger partial charge < -0.3 is 19.9 Å². The first-order valence-corrected chi connectivity index (χ1v) is 6.57. The highest BCUT2D eigenvalue weighted by Gasteiger charge is 2.36. The minimum atomic E-state index is -0.666. The van der Waals surface area contributed by atoms with Crippen LogP contribution in [0.15, 0.2) is 0 Å². The van der Waals surface area contributed by atoms with E-state index in [2.05, 4.69) is 0 Å². The van der Waals surface area contributed by atoms with E-state index in [-0.39, 0.29) is 30.7 Å². The van der Waals surface area contributed by atoms with Gasteiger partial charge in [-0.05, 0) is 40.7 Å². The molecule has 2 N–H and O–H groups in total. The van der Waals surface area contributed by atoms with Gasteiger partial charge in [0, 0.05) is 6.42 Å². The molecular formula is C13H25NO4. The van der Waals surface area contributed by atoms with Gasteiger partial charge in [0.2, 0.25) is 0 Å². The molecule has 0 aromatic rings. The molecule has 5 heteroatoms. The Hall–Kier alpha value is -0.650. The summed E-state index contributed by atoms with van der Waals surface area (Å²) < 4.78 is 16.6. The average Bonchev–Trinajstić information content (AvgIpc) is 2.12. The van der Waals surface area contributed by atoms with E-state index in [1.807, 2.05) is 27.7 Å². The number of hydrogen-bond donors (Lipinski definition) is 1. The van der Waals surface area contributed by atoms with Gasteiger partial charge in [0.05, 0.1) is 24.7 Å². The van der Waals surface area contributed by atoms with Gasteiger partial charge in [0.15, 0.2) is 5.79 Å². The highest BCUT2D eigenvalue weighted by Crippen LogP contribution is 2.29. The van der Waals surface area contributed by atoms with Crippen molar-refractivity contribution in [2.45, 2.75) is 71.1 Å². The molecule has 1 heterocycles. The van der Waals surface area contributed by atoms with Crippen LogP contribution in [0.25, 0.3) is 0 Å². The lowest BCUT2D eigenvalue weighted by Gasteiger charge is -2.40. The number of carbonyl (C=O) groups is 1. The van der Waals surface area contributed by atoms with Gasteiger partial charge in [-0.3, -0.25) is 4.79 Å². The summed E-state index contributed by atoms with van der Waals surface area (Å²) in [7, 11) is 0. The van der Waals surface area contributed by atoms with Crippen LogP contribution in [0.4, 0.5) is 0 Å². The van der Waals surface area contributed by atoms with Crippen molar-refractivity contribution in [1.82, 2.24) is 0 Å². The molecule has 0 bridgehead atoms. The van der Waals surface area contributed by atoms with Crippen molar-refractivity contribution in [2.24, 2.45) is 5.73 Å². The zero-order valence-electron chi connectivity index (χ0n) is 11.8. The van der Waals surface area contributed by atoms with Gasteiger partial charge in [0.25, 0.3) is 0 Å². The van der Waals surface area contributed by atoms with Gasteiger partial charge in [-0.1, -0.05) is 0 Å². The molecule has 1 unspecified atom stereocenters. The van der Waals surface area contributed by atoms with E-state index in [0.29, 0.717) is 13.0 Å². The third-order valence-corrected chi connectivity index (χ3v) is 2.68. The third-order valence-electron chi connectivity index (χ3n) is 2.68. The van der Waals surface area contributed by atoms with Crippen molar-refractivity contribution in [3.8, 4) is 0 Å². The summed E-state index contributed by atoms with van der Waals surface area (Å²) in [6.07, 6.45) is 1.54. The van der Waals surface area contributed by atoms with Crippen molar-refractivity contribution < 1.29 is 19.0 Å². The zero-order chi connectivity index (χ0) is 13.8. The second-order valence-corrected chi connectivity index (χ2v) is 5.44. The van der Waals surface area contributed by atoms with Crippen molar-refractivity contribution in [3.63, 3.8) is 0 Å². The molecule has 0 radical (unpaired) electrons. The molecule has 1 aliphatic rings. The number of hydrogen-bond acceptors (Lipinski definition) is 5. The second kappa shape index (κ2) is 6.50. The van der Waals surface area contributed by atoms with Crippen LogP contribution >= 0.6 is 0 Å². The average molecular weight is 259 g/mol. The van der Waals surface area contributed by atoms with Crippen LogP contribution in [0.5, 0.6) is 0 Å². The van der Waals surface area contributed by atoms with Gasteiger partial charge in [-0.15, -0.1) is 0 Å². The molecular weight excluding hydrogens is 234 g/mol. The molecule has 0 aromatic heterocycles. The molecule has 1 fully saturated rings. The van der Waals surface area contributed by atoms with Crippen LogP contribution in [-0.2, 0) is 19.0 Å². The van der Waals surface area contributed by atoms with Crippen LogP contribution in [-0.4, -0.2) is 36.6 Å². The monoisotopic (exact) mass is 259 g/mol. The summed E-state index contributed by atoms with van der Waals surface area (Å²) >= 11 is 0. The molecule has 0 amide bonds. The van der Waals surface area contributed by atoms with Crippen molar-refractivity contribution in [1.29, 1.82) is 0 Å². The summed E-state index contributed by atoms with van der Waals surface area (Å²) in [6.45, 7) is 7.96. The van der Waals surface area contributed by atoms with Crippen LogP contribution in [0.2, 0.25) is 0 Å². The lowest BCUT2D eigenvalue weighted by atomic mass is 10.0. The lowest BCUT2D eigenvalue weighted by molar-refractivity contribution is -0.300. The quantitative estimate of drug-likeness (QED) is 0.759. The van der Waals surface area contributed by atoms with Crippen LogP contribution in [0.1, 0.15) is 47.0 Å². The van der Waals surface area contributed by atoms with Crippen LogP contribution in [0.3, 0.4) is 0 Å². The standard InChI is InChI=1S/C13H25NO4/c1-9(2)16-12(15)8-11-7-10(5-6-14)17-13(3,4)18-11/h9-11H,5-8,14H2,1-4H3/t10?,11-/m1/s1. The highest BCUT2D eigenvalue weighted by atomic mass is 16.7. The van der Waals surface area contributed by atoms with E-state index in [1.54, 1.807) is 0 Å². The smallest absolute Gasteiger partial charge is 0.308 e. The lowest BCUT2D eigenvalue weighted by Crippen LogP contribution is -2.46. The first-order valence-electron chi connectivity index (χ1n) is 6.57. The Morgan fingerprint density at radius 1 is 1.39 bits per heavy atom. The van der Waals surface area contributed by atoms with Crippen LogP contribution in [0, 0.1) is 0 Å². The predicted octanol–water partition coefficient (Wildman–Crippen LogP) is 1.59. The van der Waals surface area contributed by atoms with Crippen molar-refractivity contribution in [2.75, 3.05) is 6.54 Å². The van der Waals surface area contributed by atoms with Gasteiger partial charge in [0.1, 0.15) is 0 Å². The normalized spacial score (nSPS) is 27.2. The summed E-state index contributed by atoms with van der Waals surface area (Å²) in [5.41, 5.74) is 5.55. The third kappa shape index (κ3) is 5.33. The molecule has 106 valence electrons.